The van der Waals surface area contributed by atoms with E-state index in [0.717, 1.165) is 55.2 Å². The lowest BCUT2D eigenvalue weighted by atomic mass is 9.98. The Morgan fingerprint density at radius 1 is 0.830 bits per heavy atom. The van der Waals surface area contributed by atoms with E-state index in [9.17, 15) is 14.4 Å². The first kappa shape index (κ1) is 37.6. The number of ether oxygens (including phenoxy) is 1. The molecule has 0 aliphatic heterocycles. The van der Waals surface area contributed by atoms with Crippen molar-refractivity contribution in [3.63, 3.8) is 0 Å². The van der Waals surface area contributed by atoms with Crippen molar-refractivity contribution < 1.29 is 19.1 Å². The standard InChI is InChI=1S/C39H52ClN3O4/c1-7-9-10-11-12-16-26-43(37(45)33(27-30-19-14-13-15-20-30)41-38(46)47-39(4,5)6)35(31-24-22-29(8-2)23-25-31)36(44)42-34-28(3)18-17-21-32(34)40/h13-15,17-25,33,35H,7-12,16,26-27H2,1-6H3,(H,41,46)(H,42,44). The number of halogens is 1. The number of para-hydroxylation sites is 1. The number of unbranched alkanes of at least 4 members (excludes halogenated alkanes) is 5. The van der Waals surface area contributed by atoms with E-state index in [4.69, 9.17) is 16.3 Å². The summed E-state index contributed by atoms with van der Waals surface area (Å²) in [5, 5.41) is 6.31. The zero-order valence-corrected chi connectivity index (χ0v) is 29.7. The molecule has 3 rings (SSSR count). The molecule has 3 aromatic carbocycles. The van der Waals surface area contributed by atoms with Gasteiger partial charge in [-0.3, -0.25) is 9.59 Å². The van der Waals surface area contributed by atoms with E-state index in [1.807, 2.05) is 73.7 Å². The quantitative estimate of drug-likeness (QED) is 0.150. The zero-order valence-electron chi connectivity index (χ0n) is 28.9. The van der Waals surface area contributed by atoms with Crippen LogP contribution in [-0.2, 0) is 27.2 Å². The highest BCUT2D eigenvalue weighted by Crippen LogP contribution is 2.30. The predicted molar refractivity (Wildman–Crippen MR) is 192 cm³/mol. The van der Waals surface area contributed by atoms with E-state index in [0.29, 0.717) is 29.2 Å². The summed E-state index contributed by atoms with van der Waals surface area (Å²) < 4.78 is 5.58. The van der Waals surface area contributed by atoms with Crippen molar-refractivity contribution in [3.8, 4) is 0 Å². The van der Waals surface area contributed by atoms with Gasteiger partial charge in [0.15, 0.2) is 0 Å². The van der Waals surface area contributed by atoms with Gasteiger partial charge in [0.1, 0.15) is 17.7 Å². The third-order valence-electron chi connectivity index (χ3n) is 8.04. The first-order valence-corrected chi connectivity index (χ1v) is 17.3. The van der Waals surface area contributed by atoms with Gasteiger partial charge in [-0.2, -0.15) is 0 Å². The molecule has 3 aromatic rings. The summed E-state index contributed by atoms with van der Waals surface area (Å²) >= 11 is 6.54. The Kier molecular flexibility index (Phi) is 14.8. The van der Waals surface area contributed by atoms with Gasteiger partial charge in [-0.25, -0.2) is 4.79 Å². The summed E-state index contributed by atoms with van der Waals surface area (Å²) in [6.45, 7) is 11.8. The first-order chi connectivity index (χ1) is 22.4. The number of nitrogens with zero attached hydrogens (tertiary/aromatic N) is 1. The normalized spacial score (nSPS) is 12.6. The van der Waals surface area contributed by atoms with Crippen LogP contribution in [0, 0.1) is 6.92 Å². The van der Waals surface area contributed by atoms with Crippen LogP contribution in [0.4, 0.5) is 10.5 Å². The van der Waals surface area contributed by atoms with E-state index in [-0.39, 0.29) is 18.2 Å². The molecule has 8 heteroatoms. The summed E-state index contributed by atoms with van der Waals surface area (Å²) in [6, 6.07) is 20.9. The molecule has 0 aromatic heterocycles. The van der Waals surface area contributed by atoms with Gasteiger partial charge in [0.25, 0.3) is 5.91 Å². The number of aryl methyl sites for hydroxylation is 2. The molecule has 0 bridgehead atoms. The molecule has 0 fully saturated rings. The van der Waals surface area contributed by atoms with Crippen LogP contribution in [0.1, 0.15) is 101 Å². The van der Waals surface area contributed by atoms with E-state index in [1.54, 1.807) is 31.7 Å². The summed E-state index contributed by atoms with van der Waals surface area (Å²) in [4.78, 5) is 43.9. The molecule has 0 aliphatic rings. The molecule has 47 heavy (non-hydrogen) atoms. The maximum atomic E-state index is 14.8. The number of hydrogen-bond acceptors (Lipinski definition) is 4. The monoisotopic (exact) mass is 661 g/mol. The van der Waals surface area contributed by atoms with Gasteiger partial charge in [-0.15, -0.1) is 0 Å². The number of hydrogen-bond donors (Lipinski definition) is 2. The topological polar surface area (TPSA) is 87.7 Å². The van der Waals surface area contributed by atoms with E-state index in [2.05, 4.69) is 24.5 Å². The third kappa shape index (κ3) is 12.0. The van der Waals surface area contributed by atoms with Crippen molar-refractivity contribution in [1.82, 2.24) is 10.2 Å². The number of rotatable bonds is 16. The molecule has 2 N–H and O–H groups in total. The molecule has 0 aliphatic carbocycles. The summed E-state index contributed by atoms with van der Waals surface area (Å²) in [5.74, 6) is -0.732. The second-order valence-electron chi connectivity index (χ2n) is 13.1. The molecule has 0 radical (unpaired) electrons. The molecule has 0 saturated heterocycles. The lowest BCUT2D eigenvalue weighted by Gasteiger charge is -2.35. The van der Waals surface area contributed by atoms with Crippen LogP contribution >= 0.6 is 11.6 Å². The van der Waals surface area contributed by atoms with Gasteiger partial charge in [-0.1, -0.05) is 124 Å². The van der Waals surface area contributed by atoms with Crippen molar-refractivity contribution >= 4 is 35.2 Å². The van der Waals surface area contributed by atoms with Gasteiger partial charge in [-0.05, 0) is 68.9 Å². The molecular weight excluding hydrogens is 610 g/mol. The average Bonchev–Trinajstić information content (AvgIpc) is 3.03. The Labute approximate surface area is 286 Å². The van der Waals surface area contributed by atoms with Gasteiger partial charge in [0.2, 0.25) is 5.91 Å². The van der Waals surface area contributed by atoms with Crippen LogP contribution in [-0.4, -0.2) is 41.0 Å². The maximum absolute atomic E-state index is 14.8. The summed E-state index contributed by atoms with van der Waals surface area (Å²) in [7, 11) is 0. The minimum atomic E-state index is -0.974. The number of amides is 3. The minimum Gasteiger partial charge on any atom is -0.444 e. The zero-order chi connectivity index (χ0) is 34.4. The molecule has 7 nitrogen and oxygen atoms in total. The molecule has 3 amide bonds. The molecular formula is C39H52ClN3O4. The van der Waals surface area contributed by atoms with Crippen molar-refractivity contribution in [1.29, 1.82) is 0 Å². The van der Waals surface area contributed by atoms with Crippen LogP contribution in [0.25, 0.3) is 0 Å². The van der Waals surface area contributed by atoms with Crippen molar-refractivity contribution in [2.24, 2.45) is 0 Å². The number of alkyl carbamates (subject to hydrolysis) is 1. The Morgan fingerprint density at radius 3 is 2.11 bits per heavy atom. The van der Waals surface area contributed by atoms with Crippen molar-refractivity contribution in [2.45, 2.75) is 111 Å². The van der Waals surface area contributed by atoms with E-state index in [1.165, 1.54) is 0 Å². The minimum absolute atomic E-state index is 0.235. The molecule has 0 heterocycles. The summed E-state index contributed by atoms with van der Waals surface area (Å²) in [5.41, 5.74) is 3.25. The number of carbonyl (C=O) groups is 3. The van der Waals surface area contributed by atoms with Gasteiger partial charge < -0.3 is 20.3 Å². The lowest BCUT2D eigenvalue weighted by molar-refractivity contribution is -0.140. The second-order valence-corrected chi connectivity index (χ2v) is 13.5. The van der Waals surface area contributed by atoms with Crippen LogP contribution in [0.2, 0.25) is 5.02 Å². The average molecular weight is 662 g/mol. The highest BCUT2D eigenvalue weighted by molar-refractivity contribution is 6.34. The van der Waals surface area contributed by atoms with E-state index >= 15 is 0 Å². The lowest BCUT2D eigenvalue weighted by Crippen LogP contribution is -2.53. The number of carbonyl (C=O) groups excluding carboxylic acids is 3. The fourth-order valence-corrected chi connectivity index (χ4v) is 5.79. The summed E-state index contributed by atoms with van der Waals surface area (Å²) in [6.07, 6.45) is 6.48. The molecule has 2 unspecified atom stereocenters. The fourth-order valence-electron chi connectivity index (χ4n) is 5.52. The highest BCUT2D eigenvalue weighted by atomic mass is 35.5. The Bertz CT molecular complexity index is 1420. The van der Waals surface area contributed by atoms with Crippen LogP contribution < -0.4 is 10.6 Å². The van der Waals surface area contributed by atoms with Crippen LogP contribution in [0.5, 0.6) is 0 Å². The third-order valence-corrected chi connectivity index (χ3v) is 8.36. The molecule has 254 valence electrons. The Morgan fingerprint density at radius 2 is 1.49 bits per heavy atom. The number of anilines is 1. The van der Waals surface area contributed by atoms with Crippen LogP contribution in [0.15, 0.2) is 72.8 Å². The second kappa shape index (κ2) is 18.5. The molecule has 0 spiro atoms. The predicted octanol–water partition coefficient (Wildman–Crippen LogP) is 9.22. The number of benzene rings is 3. The van der Waals surface area contributed by atoms with Gasteiger partial charge >= 0.3 is 6.09 Å². The molecule has 2 atom stereocenters. The van der Waals surface area contributed by atoms with Crippen molar-refractivity contribution in [2.75, 3.05) is 11.9 Å². The highest BCUT2D eigenvalue weighted by Gasteiger charge is 2.36. The van der Waals surface area contributed by atoms with Gasteiger partial charge in [0, 0.05) is 13.0 Å². The fraction of sp³-hybridized carbons (Fsp3) is 0.462. The SMILES string of the molecule is CCCCCCCCN(C(=O)C(Cc1ccccc1)NC(=O)OC(C)(C)C)C(C(=O)Nc1c(C)cccc1Cl)c1ccc(CC)cc1. The molecule has 0 saturated carbocycles. The Balaban J connectivity index is 2.08. The number of nitrogens with one attached hydrogen (secondary N) is 2. The largest absolute Gasteiger partial charge is 0.444 e. The van der Waals surface area contributed by atoms with Crippen molar-refractivity contribution in [3.05, 3.63) is 100 Å². The maximum Gasteiger partial charge on any atom is 0.408 e. The Hall–Kier alpha value is -3.84. The van der Waals surface area contributed by atoms with Crippen LogP contribution in [0.3, 0.4) is 0 Å². The smallest absolute Gasteiger partial charge is 0.408 e. The van der Waals surface area contributed by atoms with E-state index < -0.39 is 23.8 Å². The van der Waals surface area contributed by atoms with Gasteiger partial charge in [0.05, 0.1) is 10.7 Å². The first-order valence-electron chi connectivity index (χ1n) is 16.9.